The van der Waals surface area contributed by atoms with Crippen molar-refractivity contribution in [2.24, 2.45) is 0 Å². The fourth-order valence-electron chi connectivity index (χ4n) is 5.99. The number of carbonyl (C=O) groups excluding carboxylic acids is 1. The Morgan fingerprint density at radius 2 is 1.12 bits per heavy atom. The van der Waals surface area contributed by atoms with Crippen LogP contribution < -0.4 is 4.90 Å². The number of Topliss-reactive ketones (excluding diaryl/α,β-unsaturated/α-hetero) is 1. The minimum atomic E-state index is -1.71. The van der Waals surface area contributed by atoms with E-state index in [1.807, 2.05) is 126 Å². The molecule has 0 aliphatic carbocycles. The average Bonchev–Trinajstić information content (AvgIpc) is 3.38. The van der Waals surface area contributed by atoms with Gasteiger partial charge in [-0.15, -0.1) is 0 Å². The fraction of sp³-hybridized carbons (Fsp3) is 0.265. The summed E-state index contributed by atoms with van der Waals surface area (Å²) in [7, 11) is 3.07. The Labute approximate surface area is 235 Å². The summed E-state index contributed by atoms with van der Waals surface area (Å²) < 4.78 is 19.7. The van der Waals surface area contributed by atoms with Gasteiger partial charge in [0.2, 0.25) is 0 Å². The number of ketones is 1. The first-order valence-corrected chi connectivity index (χ1v) is 13.5. The molecule has 3 atom stereocenters. The van der Waals surface area contributed by atoms with Crippen molar-refractivity contribution >= 4 is 11.5 Å². The highest BCUT2D eigenvalue weighted by molar-refractivity contribution is 5.87. The SMILES string of the molecule is COC(OC)(OC(c1ccccc1)(c1ccccc1)c1ccccc1)C1CC(O)C(C(C)=O)N1c1ccccc1. The van der Waals surface area contributed by atoms with Crippen LogP contribution in [-0.2, 0) is 24.6 Å². The summed E-state index contributed by atoms with van der Waals surface area (Å²) in [6, 6.07) is 37.9. The first kappa shape index (κ1) is 27.7. The van der Waals surface area contributed by atoms with E-state index in [2.05, 4.69) is 0 Å². The Morgan fingerprint density at radius 3 is 1.50 bits per heavy atom. The molecule has 0 aromatic heterocycles. The fourth-order valence-corrected chi connectivity index (χ4v) is 5.99. The number of rotatable bonds is 10. The van der Waals surface area contributed by atoms with Gasteiger partial charge in [0.1, 0.15) is 17.7 Å². The molecule has 3 unspecified atom stereocenters. The molecule has 0 bridgehead atoms. The van der Waals surface area contributed by atoms with E-state index >= 15 is 0 Å². The normalized spacial score (nSPS) is 19.5. The van der Waals surface area contributed by atoms with E-state index in [9.17, 15) is 9.90 Å². The molecule has 1 fully saturated rings. The lowest BCUT2D eigenvalue weighted by Crippen LogP contribution is -2.60. The largest absolute Gasteiger partial charge is 0.390 e. The third-order valence-electron chi connectivity index (χ3n) is 7.75. The molecule has 0 amide bonds. The van der Waals surface area contributed by atoms with Crippen LogP contribution in [-0.4, -0.2) is 49.3 Å². The van der Waals surface area contributed by atoms with Gasteiger partial charge in [0.05, 0.1) is 6.10 Å². The first-order valence-electron chi connectivity index (χ1n) is 13.5. The highest BCUT2D eigenvalue weighted by atomic mass is 16.9. The van der Waals surface area contributed by atoms with Crippen LogP contribution in [0.2, 0.25) is 0 Å². The number of aliphatic hydroxyl groups excluding tert-OH is 1. The summed E-state index contributed by atoms with van der Waals surface area (Å²) in [6.45, 7) is 1.50. The molecule has 0 saturated carbocycles. The van der Waals surface area contributed by atoms with E-state index in [4.69, 9.17) is 14.2 Å². The van der Waals surface area contributed by atoms with Gasteiger partial charge >= 0.3 is 5.97 Å². The van der Waals surface area contributed by atoms with Crippen LogP contribution in [0.5, 0.6) is 0 Å². The van der Waals surface area contributed by atoms with Gasteiger partial charge < -0.3 is 24.2 Å². The van der Waals surface area contributed by atoms with Gasteiger partial charge in [-0.2, -0.15) is 0 Å². The van der Waals surface area contributed by atoms with Crippen molar-refractivity contribution in [3.8, 4) is 0 Å². The van der Waals surface area contributed by atoms with E-state index < -0.39 is 29.8 Å². The second-order valence-corrected chi connectivity index (χ2v) is 10.0. The third-order valence-corrected chi connectivity index (χ3v) is 7.75. The predicted octanol–water partition coefficient (Wildman–Crippen LogP) is 5.54. The van der Waals surface area contributed by atoms with E-state index in [1.54, 1.807) is 0 Å². The van der Waals surface area contributed by atoms with Crippen molar-refractivity contribution in [3.63, 3.8) is 0 Å². The summed E-state index contributed by atoms with van der Waals surface area (Å²) >= 11 is 0. The molecule has 1 heterocycles. The monoisotopic (exact) mass is 537 g/mol. The molecule has 6 heteroatoms. The minimum absolute atomic E-state index is 0.152. The molecule has 0 radical (unpaired) electrons. The van der Waals surface area contributed by atoms with Crippen LogP contribution in [0.15, 0.2) is 121 Å². The lowest BCUT2D eigenvalue weighted by molar-refractivity contribution is -0.396. The molecule has 6 nitrogen and oxygen atoms in total. The topological polar surface area (TPSA) is 68.2 Å². The summed E-state index contributed by atoms with van der Waals surface area (Å²) in [6.07, 6.45) is -0.759. The molecule has 1 saturated heterocycles. The van der Waals surface area contributed by atoms with Gasteiger partial charge in [0.15, 0.2) is 5.78 Å². The predicted molar refractivity (Wildman–Crippen MR) is 155 cm³/mol. The summed E-state index contributed by atoms with van der Waals surface area (Å²) in [4.78, 5) is 14.8. The second kappa shape index (κ2) is 11.7. The molecule has 206 valence electrons. The van der Waals surface area contributed by atoms with Crippen LogP contribution in [0.25, 0.3) is 0 Å². The summed E-state index contributed by atoms with van der Waals surface area (Å²) in [5.41, 5.74) is 2.21. The Hall–Kier alpha value is -3.81. The third kappa shape index (κ3) is 4.84. The summed E-state index contributed by atoms with van der Waals surface area (Å²) in [5.74, 6) is -1.86. The van der Waals surface area contributed by atoms with Gasteiger partial charge in [-0.25, -0.2) is 0 Å². The summed E-state index contributed by atoms with van der Waals surface area (Å²) in [5, 5.41) is 11.2. The van der Waals surface area contributed by atoms with Gasteiger partial charge in [0, 0.05) is 26.3 Å². The number of hydrogen-bond acceptors (Lipinski definition) is 6. The number of carbonyl (C=O) groups is 1. The Bertz CT molecular complexity index is 1280. The van der Waals surface area contributed by atoms with Crippen molar-refractivity contribution in [2.45, 2.75) is 43.1 Å². The van der Waals surface area contributed by atoms with Crippen LogP contribution >= 0.6 is 0 Å². The first-order chi connectivity index (χ1) is 19.5. The lowest BCUT2D eigenvalue weighted by Gasteiger charge is -2.48. The molecular weight excluding hydrogens is 502 g/mol. The van der Waals surface area contributed by atoms with Crippen LogP contribution in [0.1, 0.15) is 30.0 Å². The van der Waals surface area contributed by atoms with E-state index in [1.165, 1.54) is 21.1 Å². The number of para-hydroxylation sites is 1. The van der Waals surface area contributed by atoms with Crippen molar-refractivity contribution in [1.82, 2.24) is 0 Å². The Balaban J connectivity index is 1.75. The van der Waals surface area contributed by atoms with Crippen LogP contribution in [0.3, 0.4) is 0 Å². The van der Waals surface area contributed by atoms with Crippen molar-refractivity contribution in [3.05, 3.63) is 138 Å². The molecule has 1 aliphatic heterocycles. The zero-order chi connectivity index (χ0) is 28.2. The highest BCUT2D eigenvalue weighted by Gasteiger charge is 2.58. The molecule has 4 aromatic carbocycles. The maximum Gasteiger partial charge on any atom is 0.305 e. The van der Waals surface area contributed by atoms with Crippen LogP contribution in [0.4, 0.5) is 5.69 Å². The zero-order valence-corrected chi connectivity index (χ0v) is 23.0. The Kier molecular flexibility index (Phi) is 8.14. The van der Waals surface area contributed by atoms with Crippen LogP contribution in [0, 0.1) is 0 Å². The number of nitrogens with zero attached hydrogens (tertiary/aromatic N) is 1. The quantitative estimate of drug-likeness (QED) is 0.212. The van der Waals surface area contributed by atoms with Gasteiger partial charge in [-0.1, -0.05) is 109 Å². The maximum absolute atomic E-state index is 12.9. The molecule has 1 aliphatic rings. The zero-order valence-electron chi connectivity index (χ0n) is 23.0. The number of anilines is 1. The van der Waals surface area contributed by atoms with Crippen molar-refractivity contribution in [1.29, 1.82) is 0 Å². The lowest BCUT2D eigenvalue weighted by atomic mass is 9.80. The van der Waals surface area contributed by atoms with Crippen molar-refractivity contribution in [2.75, 3.05) is 19.1 Å². The molecule has 0 spiro atoms. The van der Waals surface area contributed by atoms with Gasteiger partial charge in [0.25, 0.3) is 0 Å². The number of hydrogen-bond donors (Lipinski definition) is 1. The smallest absolute Gasteiger partial charge is 0.305 e. The molecule has 4 aromatic rings. The highest BCUT2D eigenvalue weighted by Crippen LogP contribution is 2.48. The number of benzene rings is 4. The van der Waals surface area contributed by atoms with Gasteiger partial charge in [-0.05, 0) is 35.7 Å². The maximum atomic E-state index is 12.9. The second-order valence-electron chi connectivity index (χ2n) is 10.0. The van der Waals surface area contributed by atoms with Crippen molar-refractivity contribution < 1.29 is 24.1 Å². The molecule has 40 heavy (non-hydrogen) atoms. The number of methoxy groups -OCH3 is 2. The average molecular weight is 538 g/mol. The van der Waals surface area contributed by atoms with E-state index in [-0.39, 0.29) is 12.2 Å². The standard InChI is InChI=1S/C34H35NO5/c1-25(36)32-30(37)24-31(35(32)29-22-14-7-15-23-29)34(38-2,39-3)40-33(26-16-8-4-9-17-26,27-18-10-5-11-19-27)28-20-12-6-13-21-28/h4-23,30-32,37H,24H2,1-3H3. The number of aliphatic hydroxyl groups is 1. The van der Waals surface area contributed by atoms with E-state index in [0.29, 0.717) is 0 Å². The molecule has 5 rings (SSSR count). The Morgan fingerprint density at radius 1 is 0.725 bits per heavy atom. The molecule has 1 N–H and O–H groups in total. The molecular formula is C34H35NO5. The minimum Gasteiger partial charge on any atom is -0.390 e. The van der Waals surface area contributed by atoms with Gasteiger partial charge in [-0.3, -0.25) is 4.79 Å². The van der Waals surface area contributed by atoms with E-state index in [0.717, 1.165) is 22.4 Å². The number of ether oxygens (including phenoxy) is 3.